The van der Waals surface area contributed by atoms with E-state index in [0.717, 1.165) is 0 Å². The van der Waals surface area contributed by atoms with E-state index in [9.17, 15) is 9.59 Å². The Kier molecular flexibility index (Phi) is 6.35. The number of carbonyl (C=O) groups is 2. The predicted octanol–water partition coefficient (Wildman–Crippen LogP) is 2.86. The van der Waals surface area contributed by atoms with Gasteiger partial charge in [-0.05, 0) is 27.2 Å². The molecule has 0 amide bonds. The van der Waals surface area contributed by atoms with Crippen molar-refractivity contribution >= 4 is 11.8 Å². The first kappa shape index (κ1) is 18.1. The van der Waals surface area contributed by atoms with Gasteiger partial charge in [-0.15, -0.1) is 0 Å². The number of ether oxygens (including phenoxy) is 3. The van der Waals surface area contributed by atoms with Crippen molar-refractivity contribution in [1.82, 2.24) is 0 Å². The molecule has 0 saturated carbocycles. The van der Waals surface area contributed by atoms with E-state index in [1.54, 1.807) is 0 Å². The maximum atomic E-state index is 12.4. The van der Waals surface area contributed by atoms with Gasteiger partial charge in [0.05, 0.1) is 13.2 Å². The maximum Gasteiger partial charge on any atom is 0.314 e. The molecule has 1 unspecified atom stereocenters. The molecule has 1 rings (SSSR count). The Balaban J connectivity index is 2.84. The summed E-state index contributed by atoms with van der Waals surface area (Å²) in [6.45, 7) is 10.1. The molecular formula is C16H28O5. The van der Waals surface area contributed by atoms with E-state index in [0.29, 0.717) is 38.9 Å². The molecule has 5 nitrogen and oxygen atoms in total. The minimum atomic E-state index is -1.01. The summed E-state index contributed by atoms with van der Waals surface area (Å²) in [6.07, 6.45) is 1.79. The smallest absolute Gasteiger partial charge is 0.314 e. The second-order valence-corrected chi connectivity index (χ2v) is 6.40. The molecule has 0 N–H and O–H groups in total. The highest BCUT2D eigenvalue weighted by Crippen LogP contribution is 2.36. The quantitative estimate of drug-likeness (QED) is 0.677. The van der Waals surface area contributed by atoms with Crippen molar-refractivity contribution in [2.45, 2.75) is 71.7 Å². The molecule has 0 aromatic heterocycles. The average molecular weight is 300 g/mol. The first-order valence-electron chi connectivity index (χ1n) is 7.76. The van der Waals surface area contributed by atoms with Crippen LogP contribution in [0, 0.1) is 5.92 Å². The SMILES string of the molecule is CCC(=O)CCC1(C(CC)C(=O)OC(C)(C)C)OCCO1. The molecule has 21 heavy (non-hydrogen) atoms. The van der Waals surface area contributed by atoms with Gasteiger partial charge in [-0.1, -0.05) is 13.8 Å². The van der Waals surface area contributed by atoms with Crippen LogP contribution in [0.5, 0.6) is 0 Å². The van der Waals surface area contributed by atoms with Crippen LogP contribution >= 0.6 is 0 Å². The lowest BCUT2D eigenvalue weighted by Gasteiger charge is -2.35. The fraction of sp³-hybridized carbons (Fsp3) is 0.875. The van der Waals surface area contributed by atoms with Gasteiger partial charge < -0.3 is 14.2 Å². The van der Waals surface area contributed by atoms with Gasteiger partial charge in [0.25, 0.3) is 0 Å². The average Bonchev–Trinajstić information content (AvgIpc) is 2.84. The van der Waals surface area contributed by atoms with Gasteiger partial charge >= 0.3 is 5.97 Å². The third-order valence-corrected chi connectivity index (χ3v) is 3.55. The van der Waals surface area contributed by atoms with Crippen LogP contribution in [0.4, 0.5) is 0 Å². The summed E-state index contributed by atoms with van der Waals surface area (Å²) in [5.74, 6) is -1.70. The summed E-state index contributed by atoms with van der Waals surface area (Å²) in [5, 5.41) is 0. The minimum absolute atomic E-state index is 0.146. The third kappa shape index (κ3) is 5.08. The lowest BCUT2D eigenvalue weighted by molar-refractivity contribution is -0.219. The molecule has 5 heteroatoms. The molecule has 122 valence electrons. The molecule has 1 aliphatic rings. The lowest BCUT2D eigenvalue weighted by Crippen LogP contribution is -2.46. The fourth-order valence-electron chi connectivity index (χ4n) is 2.51. The highest BCUT2D eigenvalue weighted by molar-refractivity contribution is 5.78. The van der Waals surface area contributed by atoms with Gasteiger partial charge in [0.15, 0.2) is 5.79 Å². The lowest BCUT2D eigenvalue weighted by atomic mass is 9.90. The number of rotatable bonds is 7. The van der Waals surface area contributed by atoms with Crippen molar-refractivity contribution in [3.63, 3.8) is 0 Å². The van der Waals surface area contributed by atoms with Crippen molar-refractivity contribution in [3.05, 3.63) is 0 Å². The number of ketones is 1. The van der Waals surface area contributed by atoms with Crippen LogP contribution in [0.25, 0.3) is 0 Å². The van der Waals surface area contributed by atoms with Gasteiger partial charge in [-0.3, -0.25) is 9.59 Å². The molecule has 1 aliphatic heterocycles. The van der Waals surface area contributed by atoms with Crippen LogP contribution in [-0.4, -0.2) is 36.4 Å². The molecule has 1 fully saturated rings. The number of hydrogen-bond acceptors (Lipinski definition) is 5. The Morgan fingerprint density at radius 3 is 2.19 bits per heavy atom. The largest absolute Gasteiger partial charge is 0.460 e. The van der Waals surface area contributed by atoms with Gasteiger partial charge in [0.1, 0.15) is 17.3 Å². The van der Waals surface area contributed by atoms with Crippen LogP contribution in [0.2, 0.25) is 0 Å². The Labute approximate surface area is 127 Å². The number of carbonyl (C=O) groups excluding carboxylic acids is 2. The highest BCUT2D eigenvalue weighted by atomic mass is 16.7. The maximum absolute atomic E-state index is 12.4. The second kappa shape index (κ2) is 7.36. The molecule has 0 bridgehead atoms. The third-order valence-electron chi connectivity index (χ3n) is 3.55. The van der Waals surface area contributed by atoms with Gasteiger partial charge in [-0.25, -0.2) is 0 Å². The topological polar surface area (TPSA) is 61.8 Å². The molecule has 1 atom stereocenters. The number of esters is 1. The van der Waals surface area contributed by atoms with E-state index in [1.165, 1.54) is 0 Å². The van der Waals surface area contributed by atoms with E-state index in [1.807, 2.05) is 34.6 Å². The summed E-state index contributed by atoms with van der Waals surface area (Å²) in [5.41, 5.74) is -0.552. The fourth-order valence-corrected chi connectivity index (χ4v) is 2.51. The summed E-state index contributed by atoms with van der Waals surface area (Å²) in [7, 11) is 0. The van der Waals surface area contributed by atoms with Crippen LogP contribution in [-0.2, 0) is 23.8 Å². The monoisotopic (exact) mass is 300 g/mol. The predicted molar refractivity (Wildman–Crippen MR) is 78.8 cm³/mol. The summed E-state index contributed by atoms with van der Waals surface area (Å²) < 4.78 is 17.0. The van der Waals surface area contributed by atoms with E-state index < -0.39 is 17.3 Å². The zero-order valence-corrected chi connectivity index (χ0v) is 13.9. The molecule has 0 aromatic carbocycles. The van der Waals surface area contributed by atoms with Crippen molar-refractivity contribution in [3.8, 4) is 0 Å². The Hall–Kier alpha value is -0.940. The first-order valence-corrected chi connectivity index (χ1v) is 7.76. The van der Waals surface area contributed by atoms with E-state index in [2.05, 4.69) is 0 Å². The zero-order chi connectivity index (χ0) is 16.1. The van der Waals surface area contributed by atoms with Gasteiger partial charge in [-0.2, -0.15) is 0 Å². The van der Waals surface area contributed by atoms with Crippen LogP contribution in [0.3, 0.4) is 0 Å². The molecule has 1 heterocycles. The molecule has 0 aliphatic carbocycles. The molecule has 1 saturated heterocycles. The summed E-state index contributed by atoms with van der Waals surface area (Å²) in [6, 6.07) is 0. The standard InChI is InChI=1S/C16H28O5/c1-6-12(17)8-9-16(19-10-11-20-16)13(7-2)14(18)21-15(3,4)5/h13H,6-11H2,1-5H3. The Morgan fingerprint density at radius 2 is 1.76 bits per heavy atom. The van der Waals surface area contributed by atoms with Crippen LogP contribution in [0.1, 0.15) is 60.3 Å². The Bertz CT molecular complexity index is 363. The zero-order valence-electron chi connectivity index (χ0n) is 13.9. The normalized spacial score (nSPS) is 19.3. The second-order valence-electron chi connectivity index (χ2n) is 6.40. The highest BCUT2D eigenvalue weighted by Gasteiger charge is 2.48. The summed E-state index contributed by atoms with van der Waals surface area (Å²) in [4.78, 5) is 24.0. The minimum Gasteiger partial charge on any atom is -0.460 e. The Morgan fingerprint density at radius 1 is 1.19 bits per heavy atom. The number of hydrogen-bond donors (Lipinski definition) is 0. The van der Waals surface area contributed by atoms with Gasteiger partial charge in [0, 0.05) is 19.3 Å². The number of Topliss-reactive ketones (excluding diaryl/α,β-unsaturated/α-hetero) is 1. The van der Waals surface area contributed by atoms with Crippen LogP contribution in [0.15, 0.2) is 0 Å². The van der Waals surface area contributed by atoms with Crippen molar-refractivity contribution in [2.75, 3.05) is 13.2 Å². The van der Waals surface area contributed by atoms with Crippen molar-refractivity contribution in [2.24, 2.45) is 5.92 Å². The molecule has 0 aromatic rings. The van der Waals surface area contributed by atoms with E-state index >= 15 is 0 Å². The van der Waals surface area contributed by atoms with E-state index in [4.69, 9.17) is 14.2 Å². The van der Waals surface area contributed by atoms with Crippen molar-refractivity contribution in [1.29, 1.82) is 0 Å². The molecule has 0 spiro atoms. The first-order chi connectivity index (χ1) is 9.74. The molecule has 0 radical (unpaired) electrons. The van der Waals surface area contributed by atoms with E-state index in [-0.39, 0.29) is 11.8 Å². The van der Waals surface area contributed by atoms with Crippen LogP contribution < -0.4 is 0 Å². The molecular weight excluding hydrogens is 272 g/mol. The summed E-state index contributed by atoms with van der Waals surface area (Å²) >= 11 is 0. The van der Waals surface area contributed by atoms with Crippen molar-refractivity contribution < 1.29 is 23.8 Å². The van der Waals surface area contributed by atoms with Gasteiger partial charge in [0.2, 0.25) is 0 Å².